The number of halogens is 1. The van der Waals surface area contributed by atoms with E-state index in [0.717, 1.165) is 38.0 Å². The number of para-hydroxylation sites is 1. The molecule has 0 atom stereocenters. The number of carbonyl (C=O) groups is 2. The predicted octanol–water partition coefficient (Wildman–Crippen LogP) is 4.51. The van der Waals surface area contributed by atoms with Crippen LogP contribution in [0.25, 0.3) is 0 Å². The zero-order valence-electron chi connectivity index (χ0n) is 17.7. The van der Waals surface area contributed by atoms with Gasteiger partial charge in [-0.15, -0.1) is 0 Å². The van der Waals surface area contributed by atoms with Gasteiger partial charge in [-0.2, -0.15) is 0 Å². The lowest BCUT2D eigenvalue weighted by Gasteiger charge is -2.35. The molecule has 2 amide bonds. The van der Waals surface area contributed by atoms with Gasteiger partial charge in [-0.3, -0.25) is 9.59 Å². The second-order valence-corrected chi connectivity index (χ2v) is 8.58. The minimum absolute atomic E-state index is 0.0274. The van der Waals surface area contributed by atoms with Crippen LogP contribution in [0.15, 0.2) is 48.5 Å². The fourth-order valence-electron chi connectivity index (χ4n) is 3.68. The molecule has 1 aliphatic rings. The van der Waals surface area contributed by atoms with E-state index < -0.39 is 0 Å². The first-order valence-electron chi connectivity index (χ1n) is 10.6. The van der Waals surface area contributed by atoms with Crippen molar-refractivity contribution in [2.45, 2.75) is 39.2 Å². The number of amides is 2. The third-order valence-corrected chi connectivity index (χ3v) is 5.77. The van der Waals surface area contributed by atoms with Gasteiger partial charge in [0.15, 0.2) is 0 Å². The van der Waals surface area contributed by atoms with Crippen molar-refractivity contribution in [3.8, 4) is 0 Å². The molecular weight excluding hydrogens is 398 g/mol. The average Bonchev–Trinajstić information content (AvgIpc) is 2.74. The molecule has 0 spiro atoms. The highest BCUT2D eigenvalue weighted by Gasteiger charge is 2.24. The lowest BCUT2D eigenvalue weighted by Crippen LogP contribution is -2.45. The average molecular weight is 428 g/mol. The fraction of sp³-hybridized carbons (Fsp3) is 0.417. The lowest BCUT2D eigenvalue weighted by atomic mass is 10.0. The minimum atomic E-state index is -0.135. The van der Waals surface area contributed by atoms with Crippen molar-refractivity contribution in [2.75, 3.05) is 24.5 Å². The van der Waals surface area contributed by atoms with Crippen LogP contribution in [0, 0.1) is 5.92 Å². The normalized spacial score (nSPS) is 14.6. The molecule has 0 bridgehead atoms. The Balaban J connectivity index is 1.58. The number of carbonyl (C=O) groups excluding carboxylic acids is 2. The summed E-state index contributed by atoms with van der Waals surface area (Å²) < 4.78 is 0. The monoisotopic (exact) mass is 427 g/mol. The molecule has 30 heavy (non-hydrogen) atoms. The molecule has 0 aromatic heterocycles. The molecule has 1 heterocycles. The van der Waals surface area contributed by atoms with E-state index in [2.05, 4.69) is 29.4 Å². The Labute approximate surface area is 183 Å². The van der Waals surface area contributed by atoms with E-state index in [1.165, 1.54) is 0 Å². The summed E-state index contributed by atoms with van der Waals surface area (Å²) in [6.45, 7) is 6.54. The standard InChI is InChI=1S/C24H30ClN3O2/c1-17(2)11-14-26-23(29)20-8-4-6-10-22(20)28-15-12-18(13-16-28)27-24(30)19-7-3-5-9-21(19)25/h3-10,17-18H,11-16H2,1-2H3,(H,26,29)(H,27,30). The number of hydrogen-bond donors (Lipinski definition) is 2. The summed E-state index contributed by atoms with van der Waals surface area (Å²) in [5.74, 6) is 0.393. The zero-order chi connectivity index (χ0) is 21.5. The van der Waals surface area contributed by atoms with Gasteiger partial charge in [0.05, 0.1) is 16.1 Å². The number of hydrogen-bond acceptors (Lipinski definition) is 3. The summed E-state index contributed by atoms with van der Waals surface area (Å²) in [7, 11) is 0. The van der Waals surface area contributed by atoms with Crippen molar-refractivity contribution in [3.05, 3.63) is 64.7 Å². The van der Waals surface area contributed by atoms with Crippen LogP contribution in [0.1, 0.15) is 53.8 Å². The van der Waals surface area contributed by atoms with Crippen molar-refractivity contribution in [1.82, 2.24) is 10.6 Å². The highest BCUT2D eigenvalue weighted by molar-refractivity contribution is 6.33. The molecule has 0 saturated carbocycles. The Bertz CT molecular complexity index is 876. The minimum Gasteiger partial charge on any atom is -0.371 e. The van der Waals surface area contributed by atoms with Crippen LogP contribution in [-0.4, -0.2) is 37.5 Å². The van der Waals surface area contributed by atoms with E-state index >= 15 is 0 Å². The molecule has 0 unspecified atom stereocenters. The maximum atomic E-state index is 12.7. The van der Waals surface area contributed by atoms with E-state index in [1.807, 2.05) is 36.4 Å². The van der Waals surface area contributed by atoms with E-state index in [-0.39, 0.29) is 17.9 Å². The summed E-state index contributed by atoms with van der Waals surface area (Å²) in [6, 6.07) is 14.9. The van der Waals surface area contributed by atoms with Gasteiger partial charge in [0.1, 0.15) is 0 Å². The topological polar surface area (TPSA) is 61.4 Å². The van der Waals surface area contributed by atoms with Crippen LogP contribution in [0.3, 0.4) is 0 Å². The van der Waals surface area contributed by atoms with Crippen LogP contribution in [0.2, 0.25) is 5.02 Å². The fourth-order valence-corrected chi connectivity index (χ4v) is 3.91. The van der Waals surface area contributed by atoms with Crippen molar-refractivity contribution in [3.63, 3.8) is 0 Å². The van der Waals surface area contributed by atoms with Crippen molar-refractivity contribution in [1.29, 1.82) is 0 Å². The maximum Gasteiger partial charge on any atom is 0.253 e. The van der Waals surface area contributed by atoms with E-state index in [9.17, 15) is 9.59 Å². The van der Waals surface area contributed by atoms with Gasteiger partial charge < -0.3 is 15.5 Å². The first kappa shape index (κ1) is 22.2. The van der Waals surface area contributed by atoms with Crippen molar-refractivity contribution in [2.24, 2.45) is 5.92 Å². The Morgan fingerprint density at radius 3 is 2.30 bits per heavy atom. The number of nitrogens with zero attached hydrogens (tertiary/aromatic N) is 1. The van der Waals surface area contributed by atoms with Gasteiger partial charge in [0.25, 0.3) is 11.8 Å². The van der Waals surface area contributed by atoms with Gasteiger partial charge in [0.2, 0.25) is 0 Å². The number of piperidine rings is 1. The van der Waals surface area contributed by atoms with Gasteiger partial charge in [-0.25, -0.2) is 0 Å². The lowest BCUT2D eigenvalue weighted by molar-refractivity contribution is 0.0929. The smallest absolute Gasteiger partial charge is 0.253 e. The van der Waals surface area contributed by atoms with E-state index in [4.69, 9.17) is 11.6 Å². The van der Waals surface area contributed by atoms with Gasteiger partial charge in [-0.05, 0) is 49.4 Å². The Kier molecular flexibility index (Phi) is 7.75. The predicted molar refractivity (Wildman–Crippen MR) is 122 cm³/mol. The second-order valence-electron chi connectivity index (χ2n) is 8.17. The van der Waals surface area contributed by atoms with Gasteiger partial charge in [-0.1, -0.05) is 49.7 Å². The molecule has 0 aliphatic carbocycles. The highest BCUT2D eigenvalue weighted by atomic mass is 35.5. The first-order valence-corrected chi connectivity index (χ1v) is 11.0. The summed E-state index contributed by atoms with van der Waals surface area (Å²) >= 11 is 6.13. The summed E-state index contributed by atoms with van der Waals surface area (Å²) in [4.78, 5) is 27.4. The second kappa shape index (κ2) is 10.5. The number of nitrogens with one attached hydrogen (secondary N) is 2. The Hall–Kier alpha value is -2.53. The molecule has 1 fully saturated rings. The molecule has 160 valence electrons. The summed E-state index contributed by atoms with van der Waals surface area (Å²) in [5, 5.41) is 6.59. The number of benzene rings is 2. The van der Waals surface area contributed by atoms with Crippen LogP contribution >= 0.6 is 11.6 Å². The Morgan fingerprint density at radius 1 is 1.00 bits per heavy atom. The molecule has 2 aromatic carbocycles. The zero-order valence-corrected chi connectivity index (χ0v) is 18.4. The third kappa shape index (κ3) is 5.76. The largest absolute Gasteiger partial charge is 0.371 e. The maximum absolute atomic E-state index is 12.7. The van der Waals surface area contributed by atoms with Crippen LogP contribution in [0.4, 0.5) is 5.69 Å². The van der Waals surface area contributed by atoms with E-state index in [1.54, 1.807) is 12.1 Å². The molecule has 0 radical (unpaired) electrons. The molecule has 3 rings (SSSR count). The molecule has 1 aliphatic heterocycles. The first-order chi connectivity index (χ1) is 14.5. The SMILES string of the molecule is CC(C)CCNC(=O)c1ccccc1N1CCC(NC(=O)c2ccccc2Cl)CC1. The highest BCUT2D eigenvalue weighted by Crippen LogP contribution is 2.25. The van der Waals surface area contributed by atoms with Crippen LogP contribution < -0.4 is 15.5 Å². The number of anilines is 1. The number of rotatable bonds is 7. The molecule has 1 saturated heterocycles. The Morgan fingerprint density at radius 2 is 1.63 bits per heavy atom. The molecule has 2 N–H and O–H groups in total. The van der Waals surface area contributed by atoms with Crippen LogP contribution in [-0.2, 0) is 0 Å². The molecular formula is C24H30ClN3O2. The van der Waals surface area contributed by atoms with Gasteiger partial charge >= 0.3 is 0 Å². The van der Waals surface area contributed by atoms with Crippen LogP contribution in [0.5, 0.6) is 0 Å². The third-order valence-electron chi connectivity index (χ3n) is 5.45. The van der Waals surface area contributed by atoms with Gasteiger partial charge in [0, 0.05) is 31.4 Å². The quantitative estimate of drug-likeness (QED) is 0.683. The molecule has 2 aromatic rings. The summed E-state index contributed by atoms with van der Waals surface area (Å²) in [5.41, 5.74) is 2.17. The van der Waals surface area contributed by atoms with Crippen molar-refractivity contribution < 1.29 is 9.59 Å². The van der Waals surface area contributed by atoms with E-state index in [0.29, 0.717) is 28.6 Å². The molecule has 6 heteroatoms. The van der Waals surface area contributed by atoms with Crippen molar-refractivity contribution >= 4 is 29.1 Å². The summed E-state index contributed by atoms with van der Waals surface area (Å²) in [6.07, 6.45) is 2.60. The molecule has 5 nitrogen and oxygen atoms in total.